The van der Waals surface area contributed by atoms with Gasteiger partial charge < -0.3 is 10.2 Å². The van der Waals surface area contributed by atoms with Crippen LogP contribution in [-0.2, 0) is 0 Å². The summed E-state index contributed by atoms with van der Waals surface area (Å²) in [5.41, 5.74) is 3.18. The second-order valence-corrected chi connectivity index (χ2v) is 5.70. The first-order chi connectivity index (χ1) is 11.0. The van der Waals surface area contributed by atoms with E-state index in [-0.39, 0.29) is 11.9 Å². The maximum absolute atomic E-state index is 12.4. The van der Waals surface area contributed by atoms with Crippen LogP contribution < -0.4 is 5.32 Å². The fraction of sp³-hybridized carbons (Fsp3) is 0.263. The van der Waals surface area contributed by atoms with Gasteiger partial charge >= 0.3 is 0 Å². The highest BCUT2D eigenvalue weighted by Crippen LogP contribution is 2.21. The molecule has 0 bridgehead atoms. The molecule has 0 unspecified atom stereocenters. The maximum atomic E-state index is 12.4. The predicted octanol–water partition coefficient (Wildman–Crippen LogP) is 2.90. The number of benzene rings is 2. The molecule has 0 fully saturated rings. The van der Waals surface area contributed by atoms with E-state index in [1.54, 1.807) is 24.3 Å². The molecule has 0 spiro atoms. The number of nitriles is 1. The number of rotatable bonds is 5. The second-order valence-electron chi connectivity index (χ2n) is 5.70. The van der Waals surface area contributed by atoms with Crippen LogP contribution in [0.15, 0.2) is 48.5 Å². The third kappa shape index (κ3) is 3.97. The van der Waals surface area contributed by atoms with E-state index in [0.29, 0.717) is 17.7 Å². The quantitative estimate of drug-likeness (QED) is 0.924. The van der Waals surface area contributed by atoms with Crippen LogP contribution in [0.25, 0.3) is 0 Å². The summed E-state index contributed by atoms with van der Waals surface area (Å²) in [5.74, 6) is -0.220. The molecule has 1 amide bonds. The van der Waals surface area contributed by atoms with Crippen molar-refractivity contribution in [3.05, 3.63) is 70.8 Å². The lowest BCUT2D eigenvalue weighted by molar-refractivity contribution is 0.0941. The van der Waals surface area contributed by atoms with E-state index >= 15 is 0 Å². The molecular weight excluding hydrogens is 286 g/mol. The standard InChI is InChI=1S/C19H21N3O/c1-14-8-4-6-10-16(14)18(22(2)3)13-21-19(23)17-11-7-5-9-15(17)12-20/h4-11,18H,13H2,1-3H3,(H,21,23)/t18-/m0/s1. The third-order valence-corrected chi connectivity index (χ3v) is 3.92. The van der Waals surface area contributed by atoms with Gasteiger partial charge in [-0.3, -0.25) is 4.79 Å². The van der Waals surface area contributed by atoms with E-state index in [2.05, 4.69) is 35.3 Å². The molecule has 0 aromatic heterocycles. The van der Waals surface area contributed by atoms with Crippen LogP contribution in [0.3, 0.4) is 0 Å². The smallest absolute Gasteiger partial charge is 0.252 e. The van der Waals surface area contributed by atoms with Crippen LogP contribution >= 0.6 is 0 Å². The summed E-state index contributed by atoms with van der Waals surface area (Å²) in [6, 6.07) is 17.1. The molecule has 0 aliphatic carbocycles. The van der Waals surface area contributed by atoms with E-state index in [9.17, 15) is 4.79 Å². The van der Waals surface area contributed by atoms with Gasteiger partial charge in [-0.1, -0.05) is 36.4 Å². The van der Waals surface area contributed by atoms with Gasteiger partial charge in [0.1, 0.15) is 0 Å². The fourth-order valence-corrected chi connectivity index (χ4v) is 2.59. The van der Waals surface area contributed by atoms with Gasteiger partial charge in [0.25, 0.3) is 5.91 Å². The lowest BCUT2D eigenvalue weighted by atomic mass is 10.00. The first-order valence-electron chi connectivity index (χ1n) is 7.54. The first kappa shape index (κ1) is 16.7. The van der Waals surface area contributed by atoms with E-state index < -0.39 is 0 Å². The predicted molar refractivity (Wildman–Crippen MR) is 91.1 cm³/mol. The summed E-state index contributed by atoms with van der Waals surface area (Å²) in [6.07, 6.45) is 0. The monoisotopic (exact) mass is 307 g/mol. The Morgan fingerprint density at radius 1 is 1.17 bits per heavy atom. The van der Waals surface area contributed by atoms with Crippen molar-refractivity contribution in [3.8, 4) is 6.07 Å². The number of hydrogen-bond donors (Lipinski definition) is 1. The van der Waals surface area contributed by atoms with Crippen LogP contribution in [0.5, 0.6) is 0 Å². The molecule has 0 aliphatic rings. The number of aryl methyl sites for hydroxylation is 1. The molecule has 4 heteroatoms. The molecule has 0 heterocycles. The molecule has 0 saturated carbocycles. The molecule has 4 nitrogen and oxygen atoms in total. The van der Waals surface area contributed by atoms with Gasteiger partial charge in [-0.25, -0.2) is 0 Å². The van der Waals surface area contributed by atoms with Gasteiger partial charge in [-0.15, -0.1) is 0 Å². The van der Waals surface area contributed by atoms with E-state index in [4.69, 9.17) is 5.26 Å². The second kappa shape index (κ2) is 7.57. The summed E-state index contributed by atoms with van der Waals surface area (Å²) in [6.45, 7) is 2.55. The number of hydrogen-bond acceptors (Lipinski definition) is 3. The Bertz CT molecular complexity index is 731. The van der Waals surface area contributed by atoms with Crippen LogP contribution in [-0.4, -0.2) is 31.4 Å². The summed E-state index contributed by atoms with van der Waals surface area (Å²) < 4.78 is 0. The van der Waals surface area contributed by atoms with Crippen LogP contribution in [0.1, 0.15) is 33.1 Å². The van der Waals surface area contributed by atoms with Gasteiger partial charge in [-0.2, -0.15) is 5.26 Å². The number of nitrogens with one attached hydrogen (secondary N) is 1. The highest BCUT2D eigenvalue weighted by molar-refractivity contribution is 5.96. The largest absolute Gasteiger partial charge is 0.350 e. The molecule has 0 radical (unpaired) electrons. The molecule has 118 valence electrons. The van der Waals surface area contributed by atoms with Crippen molar-refractivity contribution in [3.63, 3.8) is 0 Å². The number of amides is 1. The number of likely N-dealkylation sites (N-methyl/N-ethyl adjacent to an activating group) is 1. The van der Waals surface area contributed by atoms with Gasteiger partial charge in [0, 0.05) is 6.54 Å². The highest BCUT2D eigenvalue weighted by atomic mass is 16.1. The van der Waals surface area contributed by atoms with Crippen molar-refractivity contribution in [2.45, 2.75) is 13.0 Å². The van der Waals surface area contributed by atoms with Crippen molar-refractivity contribution in [1.82, 2.24) is 10.2 Å². The fourth-order valence-electron chi connectivity index (χ4n) is 2.59. The zero-order valence-electron chi connectivity index (χ0n) is 13.7. The molecule has 1 N–H and O–H groups in total. The van der Waals surface area contributed by atoms with E-state index in [0.717, 1.165) is 0 Å². The zero-order valence-corrected chi connectivity index (χ0v) is 13.7. The average molecular weight is 307 g/mol. The van der Waals surface area contributed by atoms with Crippen molar-refractivity contribution in [2.24, 2.45) is 0 Å². The molecule has 0 saturated heterocycles. The lowest BCUT2D eigenvalue weighted by Crippen LogP contribution is -2.35. The van der Waals surface area contributed by atoms with Crippen LogP contribution in [0, 0.1) is 18.3 Å². The van der Waals surface area contributed by atoms with Crippen molar-refractivity contribution < 1.29 is 4.79 Å². The molecular formula is C19H21N3O. The van der Waals surface area contributed by atoms with Gasteiger partial charge in [0.05, 0.1) is 23.2 Å². The first-order valence-corrected chi connectivity index (χ1v) is 7.54. The Morgan fingerprint density at radius 2 is 1.83 bits per heavy atom. The molecule has 23 heavy (non-hydrogen) atoms. The minimum atomic E-state index is -0.220. The summed E-state index contributed by atoms with van der Waals surface area (Å²) in [4.78, 5) is 14.5. The van der Waals surface area contributed by atoms with Gasteiger partial charge in [-0.05, 0) is 44.3 Å². The maximum Gasteiger partial charge on any atom is 0.252 e. The highest BCUT2D eigenvalue weighted by Gasteiger charge is 2.18. The number of carbonyl (C=O) groups is 1. The summed E-state index contributed by atoms with van der Waals surface area (Å²) >= 11 is 0. The molecule has 1 atom stereocenters. The third-order valence-electron chi connectivity index (χ3n) is 3.92. The Balaban J connectivity index is 2.15. The number of carbonyl (C=O) groups excluding carboxylic acids is 1. The van der Waals surface area contributed by atoms with Crippen molar-refractivity contribution in [1.29, 1.82) is 5.26 Å². The van der Waals surface area contributed by atoms with E-state index in [1.165, 1.54) is 11.1 Å². The molecule has 2 aromatic carbocycles. The zero-order chi connectivity index (χ0) is 16.8. The summed E-state index contributed by atoms with van der Waals surface area (Å²) in [5, 5.41) is 12.1. The Hall–Kier alpha value is -2.64. The Labute approximate surface area is 137 Å². The van der Waals surface area contributed by atoms with Gasteiger partial charge in [0.15, 0.2) is 0 Å². The van der Waals surface area contributed by atoms with E-state index in [1.807, 2.05) is 26.2 Å². The minimum absolute atomic E-state index is 0.0781. The summed E-state index contributed by atoms with van der Waals surface area (Å²) in [7, 11) is 3.99. The SMILES string of the molecule is Cc1ccccc1[C@H](CNC(=O)c1ccccc1C#N)N(C)C. The normalized spacial score (nSPS) is 11.8. The minimum Gasteiger partial charge on any atom is -0.350 e. The molecule has 2 rings (SSSR count). The van der Waals surface area contributed by atoms with Gasteiger partial charge in [0.2, 0.25) is 0 Å². The van der Waals surface area contributed by atoms with Crippen LogP contribution in [0.2, 0.25) is 0 Å². The Kier molecular flexibility index (Phi) is 5.51. The average Bonchev–Trinajstić information content (AvgIpc) is 2.56. The Morgan fingerprint density at radius 3 is 2.48 bits per heavy atom. The van der Waals surface area contributed by atoms with Crippen molar-refractivity contribution in [2.75, 3.05) is 20.6 Å². The molecule has 2 aromatic rings. The van der Waals surface area contributed by atoms with Crippen molar-refractivity contribution >= 4 is 5.91 Å². The lowest BCUT2D eigenvalue weighted by Gasteiger charge is -2.26. The van der Waals surface area contributed by atoms with Crippen LogP contribution in [0.4, 0.5) is 0 Å². The molecule has 0 aliphatic heterocycles. The number of nitrogens with zero attached hydrogens (tertiary/aromatic N) is 2. The topological polar surface area (TPSA) is 56.1 Å².